The smallest absolute Gasteiger partial charge is 0.0904 e. The van der Waals surface area contributed by atoms with Crippen molar-refractivity contribution in [2.24, 2.45) is 0 Å². The molecular weight excluding hydrogens is 700 g/mol. The van der Waals surface area contributed by atoms with E-state index in [2.05, 4.69) is 200 Å². The van der Waals surface area contributed by atoms with Gasteiger partial charge < -0.3 is 9.80 Å². The highest BCUT2D eigenvalue weighted by Crippen LogP contribution is 2.49. The molecule has 0 bridgehead atoms. The van der Waals surface area contributed by atoms with Crippen LogP contribution < -0.4 is 9.80 Å². The Hall–Kier alpha value is -4.79. The molecule has 2 nitrogen and oxygen atoms in total. The van der Waals surface area contributed by atoms with Gasteiger partial charge in [-0.25, -0.2) is 0 Å². The van der Waals surface area contributed by atoms with Crippen LogP contribution in [0, 0.1) is 41.5 Å². The van der Waals surface area contributed by atoms with Crippen molar-refractivity contribution in [1.82, 2.24) is 0 Å². The molecule has 0 aromatic heterocycles. The van der Waals surface area contributed by atoms with Crippen molar-refractivity contribution in [2.45, 2.75) is 92.9 Å². The van der Waals surface area contributed by atoms with Gasteiger partial charge in [0.25, 0.3) is 0 Å². The molecule has 56 heavy (non-hydrogen) atoms. The molecule has 6 aromatic rings. The molecule has 0 radical (unpaired) electrons. The molecular formula is C53H61ClN2. The molecule has 0 spiro atoms. The van der Waals surface area contributed by atoms with Crippen molar-refractivity contribution in [3.05, 3.63) is 199 Å². The Balaban J connectivity index is 0.00000532. The van der Waals surface area contributed by atoms with Crippen LogP contribution in [0.15, 0.2) is 121 Å². The van der Waals surface area contributed by atoms with Gasteiger partial charge in [0.15, 0.2) is 0 Å². The van der Waals surface area contributed by atoms with E-state index in [1.54, 1.807) is 0 Å². The van der Waals surface area contributed by atoms with E-state index in [1.165, 1.54) is 89.3 Å². The molecule has 6 aromatic carbocycles. The van der Waals surface area contributed by atoms with E-state index < -0.39 is 0 Å². The number of hydrogen-bond acceptors (Lipinski definition) is 2. The second-order valence-corrected chi connectivity index (χ2v) is 16.3. The highest BCUT2D eigenvalue weighted by molar-refractivity contribution is 5.85. The van der Waals surface area contributed by atoms with Gasteiger partial charge in [0.2, 0.25) is 0 Å². The Bertz CT molecular complexity index is 1960. The van der Waals surface area contributed by atoms with Crippen molar-refractivity contribution in [2.75, 3.05) is 29.6 Å². The van der Waals surface area contributed by atoms with E-state index in [9.17, 15) is 0 Å². The lowest BCUT2D eigenvalue weighted by atomic mass is 9.78. The Morgan fingerprint density at radius 1 is 0.339 bits per heavy atom. The molecule has 0 amide bonds. The van der Waals surface area contributed by atoms with E-state index in [0.29, 0.717) is 0 Å². The van der Waals surface area contributed by atoms with Crippen molar-refractivity contribution >= 4 is 23.8 Å². The number of hydrogen-bond donors (Lipinski definition) is 0. The predicted molar refractivity (Wildman–Crippen MR) is 244 cm³/mol. The number of halogens is 1. The Morgan fingerprint density at radius 2 is 0.554 bits per heavy atom. The second-order valence-electron chi connectivity index (χ2n) is 16.3. The Kier molecular flexibility index (Phi) is 12.5. The second kappa shape index (κ2) is 17.1. The third kappa shape index (κ3) is 7.41. The fourth-order valence-corrected chi connectivity index (χ4v) is 9.76. The molecule has 290 valence electrons. The number of nitrogens with zero attached hydrogens (tertiary/aromatic N) is 2. The lowest BCUT2D eigenvalue weighted by Crippen LogP contribution is -2.30. The summed E-state index contributed by atoms with van der Waals surface area (Å²) in [5, 5.41) is 0. The van der Waals surface area contributed by atoms with Crippen LogP contribution in [0.5, 0.6) is 0 Å². The summed E-state index contributed by atoms with van der Waals surface area (Å²) in [4.78, 5) is 5.50. The van der Waals surface area contributed by atoms with Gasteiger partial charge in [-0.05, 0) is 119 Å². The number of benzene rings is 6. The zero-order valence-corrected chi connectivity index (χ0v) is 36.1. The van der Waals surface area contributed by atoms with Crippen LogP contribution in [0.3, 0.4) is 0 Å². The van der Waals surface area contributed by atoms with Crippen LogP contribution in [0.4, 0.5) is 11.4 Å². The summed E-state index contributed by atoms with van der Waals surface area (Å²) in [5.74, 6) is 0.991. The van der Waals surface area contributed by atoms with Gasteiger partial charge in [0.05, 0.1) is 6.67 Å². The Morgan fingerprint density at radius 3 is 0.768 bits per heavy atom. The standard InChI is InChI=1S/C53H60N2.ClH/c1-34-36(3)48(40(7)44-23-15-11-16-24-44)52(49(37(34)4)41(8)45-25-17-12-18-26-45)54-31-32-55(33-54)53-50(42(9)46-27-19-13-20-28-46)38(5)35(2)39(6)51(53)43(10)47-29-21-14-22-30-47;/h11-30,40-43H,31-33H2,1-10H3;1H/t40-,41-,42-,43-;/m1./s1. The highest BCUT2D eigenvalue weighted by Gasteiger charge is 2.35. The summed E-state index contributed by atoms with van der Waals surface area (Å²) in [6, 6.07) is 44.6. The molecule has 1 fully saturated rings. The maximum Gasteiger partial charge on any atom is 0.0904 e. The molecule has 1 aliphatic heterocycles. The van der Waals surface area contributed by atoms with E-state index in [0.717, 1.165) is 19.8 Å². The molecule has 1 aliphatic rings. The molecule has 0 unspecified atom stereocenters. The van der Waals surface area contributed by atoms with Crippen molar-refractivity contribution < 1.29 is 0 Å². The lowest BCUT2D eigenvalue weighted by molar-refractivity contribution is 0.816. The van der Waals surface area contributed by atoms with Crippen LogP contribution in [0.1, 0.15) is 129 Å². The maximum atomic E-state index is 2.75. The first kappa shape index (κ1) is 40.9. The fraction of sp³-hybridized carbons (Fsp3) is 0.321. The summed E-state index contributed by atoms with van der Waals surface area (Å²) in [7, 11) is 0. The first-order valence-electron chi connectivity index (χ1n) is 20.5. The van der Waals surface area contributed by atoms with Gasteiger partial charge in [0, 0.05) is 48.1 Å². The zero-order valence-electron chi connectivity index (χ0n) is 35.3. The molecule has 1 heterocycles. The molecule has 0 aliphatic carbocycles. The van der Waals surface area contributed by atoms with Crippen LogP contribution in [-0.4, -0.2) is 19.8 Å². The third-order valence-corrected chi connectivity index (χ3v) is 13.4. The van der Waals surface area contributed by atoms with Gasteiger partial charge in [-0.1, -0.05) is 149 Å². The highest BCUT2D eigenvalue weighted by atomic mass is 35.5. The molecule has 0 saturated carbocycles. The quantitative estimate of drug-likeness (QED) is 0.137. The SMILES string of the molecule is Cc1c(C)c([C@H](C)c2ccccc2)c(N2CCN(c3c([C@H](C)c4ccccc4)c(C)c(C)c(C)c3[C@H](C)c3ccccc3)C2)c([C@H](C)c2ccccc2)c1C.Cl. The van der Waals surface area contributed by atoms with Gasteiger partial charge in [0.1, 0.15) is 0 Å². The molecule has 3 heteroatoms. The van der Waals surface area contributed by atoms with E-state index in [1.807, 2.05) is 0 Å². The van der Waals surface area contributed by atoms with Crippen molar-refractivity contribution in [1.29, 1.82) is 0 Å². The molecule has 1 saturated heterocycles. The first-order chi connectivity index (χ1) is 26.5. The van der Waals surface area contributed by atoms with E-state index in [4.69, 9.17) is 0 Å². The minimum absolute atomic E-state index is 0. The molecule has 0 N–H and O–H groups in total. The number of anilines is 2. The van der Waals surface area contributed by atoms with Crippen LogP contribution >= 0.6 is 12.4 Å². The summed E-state index contributed by atoms with van der Waals surface area (Å²) in [6.07, 6.45) is 0. The van der Waals surface area contributed by atoms with Crippen LogP contribution in [0.25, 0.3) is 0 Å². The lowest BCUT2D eigenvalue weighted by Gasteiger charge is -2.36. The zero-order chi connectivity index (χ0) is 39.0. The van der Waals surface area contributed by atoms with Crippen LogP contribution in [-0.2, 0) is 0 Å². The van der Waals surface area contributed by atoms with Crippen molar-refractivity contribution in [3.63, 3.8) is 0 Å². The average molecular weight is 762 g/mol. The van der Waals surface area contributed by atoms with Gasteiger partial charge in [-0.2, -0.15) is 0 Å². The monoisotopic (exact) mass is 760 g/mol. The third-order valence-electron chi connectivity index (χ3n) is 13.4. The maximum absolute atomic E-state index is 2.75. The average Bonchev–Trinajstić information content (AvgIpc) is 3.72. The minimum Gasteiger partial charge on any atom is -0.352 e. The van der Waals surface area contributed by atoms with Crippen molar-refractivity contribution in [3.8, 4) is 0 Å². The van der Waals surface area contributed by atoms with Crippen LogP contribution in [0.2, 0.25) is 0 Å². The summed E-state index contributed by atoms with van der Waals surface area (Å²) in [6.45, 7) is 26.7. The summed E-state index contributed by atoms with van der Waals surface area (Å²) in [5.41, 5.74) is 22.8. The first-order valence-corrected chi connectivity index (χ1v) is 20.5. The predicted octanol–water partition coefficient (Wildman–Crippen LogP) is 13.9. The molecule has 7 rings (SSSR count). The summed E-state index contributed by atoms with van der Waals surface area (Å²) >= 11 is 0. The van der Waals surface area contributed by atoms with Gasteiger partial charge in [-0.15, -0.1) is 12.4 Å². The van der Waals surface area contributed by atoms with Gasteiger partial charge in [-0.3, -0.25) is 0 Å². The largest absolute Gasteiger partial charge is 0.352 e. The van der Waals surface area contributed by atoms with Gasteiger partial charge >= 0.3 is 0 Å². The topological polar surface area (TPSA) is 6.48 Å². The summed E-state index contributed by atoms with van der Waals surface area (Å²) < 4.78 is 0. The number of rotatable bonds is 10. The fourth-order valence-electron chi connectivity index (χ4n) is 9.76. The Labute approximate surface area is 344 Å². The minimum atomic E-state index is 0. The normalized spacial score (nSPS) is 15.0. The van der Waals surface area contributed by atoms with E-state index >= 15 is 0 Å². The van der Waals surface area contributed by atoms with E-state index in [-0.39, 0.29) is 36.1 Å². The molecule has 4 atom stereocenters.